The van der Waals surface area contributed by atoms with Crippen LogP contribution < -0.4 is 0 Å². The Labute approximate surface area is 92.5 Å². The number of nitrogens with zero attached hydrogens (tertiary/aromatic N) is 3. The Morgan fingerprint density at radius 1 is 1.50 bits per heavy atom. The van der Waals surface area contributed by atoms with E-state index in [1.165, 1.54) is 11.2 Å². The predicted molar refractivity (Wildman–Crippen MR) is 54.8 cm³/mol. The number of rotatable bonds is 3. The van der Waals surface area contributed by atoms with Gasteiger partial charge in [-0.05, 0) is 20.8 Å². The van der Waals surface area contributed by atoms with E-state index >= 15 is 0 Å². The smallest absolute Gasteiger partial charge is 0.323 e. The minimum atomic E-state index is -1.07. The third-order valence-corrected chi connectivity index (χ3v) is 1.97. The summed E-state index contributed by atoms with van der Waals surface area (Å²) in [6, 6.07) is 0. The molecule has 16 heavy (non-hydrogen) atoms. The molecule has 0 aliphatic heterocycles. The van der Waals surface area contributed by atoms with Gasteiger partial charge in [0.05, 0.1) is 0 Å². The molecule has 0 aliphatic rings. The van der Waals surface area contributed by atoms with Gasteiger partial charge in [-0.2, -0.15) is 5.10 Å². The van der Waals surface area contributed by atoms with Gasteiger partial charge in [0.25, 0.3) is 5.91 Å². The van der Waals surface area contributed by atoms with Gasteiger partial charge in [0.1, 0.15) is 12.9 Å². The summed E-state index contributed by atoms with van der Waals surface area (Å²) >= 11 is 0. The van der Waals surface area contributed by atoms with Gasteiger partial charge < -0.3 is 10.0 Å². The lowest BCUT2D eigenvalue weighted by atomic mass is 10.1. The van der Waals surface area contributed by atoms with E-state index in [0.717, 1.165) is 0 Å². The van der Waals surface area contributed by atoms with Gasteiger partial charge in [0, 0.05) is 5.54 Å². The molecular weight excluding hydrogens is 212 g/mol. The van der Waals surface area contributed by atoms with Crippen LogP contribution in [-0.2, 0) is 4.79 Å². The molecule has 1 aromatic heterocycles. The fourth-order valence-electron chi connectivity index (χ4n) is 1.19. The summed E-state index contributed by atoms with van der Waals surface area (Å²) in [5.41, 5.74) is -0.595. The van der Waals surface area contributed by atoms with Crippen LogP contribution in [-0.4, -0.2) is 49.1 Å². The highest BCUT2D eigenvalue weighted by atomic mass is 16.4. The van der Waals surface area contributed by atoms with Crippen molar-refractivity contribution in [2.45, 2.75) is 26.3 Å². The number of carboxylic acid groups (broad SMARTS) is 1. The van der Waals surface area contributed by atoms with E-state index in [2.05, 4.69) is 15.2 Å². The van der Waals surface area contributed by atoms with Crippen molar-refractivity contribution in [1.82, 2.24) is 20.1 Å². The number of H-pyrrole nitrogens is 1. The fourth-order valence-corrected chi connectivity index (χ4v) is 1.19. The maximum atomic E-state index is 11.9. The summed E-state index contributed by atoms with van der Waals surface area (Å²) < 4.78 is 0. The summed E-state index contributed by atoms with van der Waals surface area (Å²) in [4.78, 5) is 27.5. The lowest BCUT2D eigenvalue weighted by Gasteiger charge is -2.33. The minimum Gasteiger partial charge on any atom is -0.480 e. The van der Waals surface area contributed by atoms with Gasteiger partial charge in [-0.3, -0.25) is 14.7 Å². The lowest BCUT2D eigenvalue weighted by molar-refractivity contribution is -0.138. The Bertz CT molecular complexity index is 380. The van der Waals surface area contributed by atoms with Crippen LogP contribution in [0.15, 0.2) is 6.33 Å². The molecule has 0 saturated heterocycles. The molecule has 1 rings (SSSR count). The number of carbonyl (C=O) groups excluding carboxylic acids is 1. The number of hydrogen-bond acceptors (Lipinski definition) is 4. The largest absolute Gasteiger partial charge is 0.480 e. The fraction of sp³-hybridized carbons (Fsp3) is 0.556. The summed E-state index contributed by atoms with van der Waals surface area (Å²) in [6.45, 7) is 4.89. The standard InChI is InChI=1S/C9H14N4O3/c1-9(2,3)13(4-6(14)15)8(16)7-10-5-11-12-7/h5H,4H2,1-3H3,(H,14,15)(H,10,11,12). The van der Waals surface area contributed by atoms with Crippen molar-refractivity contribution < 1.29 is 14.7 Å². The van der Waals surface area contributed by atoms with Gasteiger partial charge in [-0.1, -0.05) is 0 Å². The lowest BCUT2D eigenvalue weighted by Crippen LogP contribution is -2.48. The van der Waals surface area contributed by atoms with Crippen molar-refractivity contribution in [2.24, 2.45) is 0 Å². The number of carboxylic acids is 1. The predicted octanol–water partition coefficient (Wildman–Crippen LogP) is 0.130. The highest BCUT2D eigenvalue weighted by molar-refractivity contribution is 5.92. The molecule has 88 valence electrons. The number of aromatic nitrogens is 3. The molecule has 0 aliphatic carbocycles. The van der Waals surface area contributed by atoms with Crippen LogP contribution in [0, 0.1) is 0 Å². The van der Waals surface area contributed by atoms with Gasteiger partial charge in [-0.15, -0.1) is 0 Å². The van der Waals surface area contributed by atoms with Crippen LogP contribution in [0.4, 0.5) is 0 Å². The summed E-state index contributed by atoms with van der Waals surface area (Å²) in [6.07, 6.45) is 1.20. The number of nitrogens with one attached hydrogen (secondary N) is 1. The van der Waals surface area contributed by atoms with Crippen LogP contribution in [0.3, 0.4) is 0 Å². The molecule has 0 aromatic carbocycles. The molecule has 7 heteroatoms. The second kappa shape index (κ2) is 4.30. The van der Waals surface area contributed by atoms with E-state index in [1.54, 1.807) is 20.8 Å². The van der Waals surface area contributed by atoms with Crippen molar-refractivity contribution in [3.63, 3.8) is 0 Å². The van der Waals surface area contributed by atoms with E-state index in [9.17, 15) is 9.59 Å². The highest BCUT2D eigenvalue weighted by Gasteiger charge is 2.30. The number of hydrogen-bond donors (Lipinski definition) is 2. The van der Waals surface area contributed by atoms with Crippen molar-refractivity contribution in [3.8, 4) is 0 Å². The number of aliphatic carboxylic acids is 1. The monoisotopic (exact) mass is 226 g/mol. The van der Waals surface area contributed by atoms with Gasteiger partial charge in [0.2, 0.25) is 5.82 Å². The number of carbonyl (C=O) groups is 2. The van der Waals surface area contributed by atoms with E-state index in [1.807, 2.05) is 0 Å². The average molecular weight is 226 g/mol. The van der Waals surface area contributed by atoms with Crippen LogP contribution in [0.1, 0.15) is 31.4 Å². The summed E-state index contributed by atoms with van der Waals surface area (Å²) in [5.74, 6) is -1.51. The third kappa shape index (κ3) is 2.78. The Balaban J connectivity index is 2.94. The number of amides is 1. The quantitative estimate of drug-likeness (QED) is 0.763. The van der Waals surface area contributed by atoms with E-state index < -0.39 is 17.4 Å². The first-order valence-corrected chi connectivity index (χ1v) is 4.71. The maximum Gasteiger partial charge on any atom is 0.323 e. The average Bonchev–Trinajstić information content (AvgIpc) is 2.63. The van der Waals surface area contributed by atoms with Crippen molar-refractivity contribution >= 4 is 11.9 Å². The second-order valence-corrected chi connectivity index (χ2v) is 4.29. The molecule has 1 aromatic rings. The molecule has 0 atom stereocenters. The van der Waals surface area contributed by atoms with Gasteiger partial charge in [0.15, 0.2) is 0 Å². The first-order valence-electron chi connectivity index (χ1n) is 4.71. The molecule has 0 radical (unpaired) electrons. The van der Waals surface area contributed by atoms with E-state index in [4.69, 9.17) is 5.11 Å². The molecule has 7 nitrogen and oxygen atoms in total. The van der Waals surface area contributed by atoms with Crippen LogP contribution >= 0.6 is 0 Å². The Kier molecular flexibility index (Phi) is 3.26. The molecule has 1 heterocycles. The Morgan fingerprint density at radius 2 is 2.12 bits per heavy atom. The topological polar surface area (TPSA) is 99.2 Å². The van der Waals surface area contributed by atoms with Gasteiger partial charge in [-0.25, -0.2) is 4.98 Å². The highest BCUT2D eigenvalue weighted by Crippen LogP contribution is 2.15. The normalized spacial score (nSPS) is 11.2. The second-order valence-electron chi connectivity index (χ2n) is 4.29. The molecular formula is C9H14N4O3. The van der Waals surface area contributed by atoms with Crippen LogP contribution in [0.2, 0.25) is 0 Å². The van der Waals surface area contributed by atoms with E-state index in [-0.39, 0.29) is 12.4 Å². The van der Waals surface area contributed by atoms with Gasteiger partial charge >= 0.3 is 5.97 Å². The van der Waals surface area contributed by atoms with Crippen LogP contribution in [0.5, 0.6) is 0 Å². The first kappa shape index (κ1) is 12.2. The minimum absolute atomic E-state index is 0.0381. The van der Waals surface area contributed by atoms with Crippen molar-refractivity contribution in [2.75, 3.05) is 6.54 Å². The first-order chi connectivity index (χ1) is 7.32. The maximum absolute atomic E-state index is 11.9. The molecule has 0 saturated carbocycles. The van der Waals surface area contributed by atoms with Crippen molar-refractivity contribution in [3.05, 3.63) is 12.2 Å². The Morgan fingerprint density at radius 3 is 2.50 bits per heavy atom. The molecule has 0 spiro atoms. The zero-order valence-corrected chi connectivity index (χ0v) is 9.39. The SMILES string of the molecule is CC(C)(C)N(CC(=O)O)C(=O)c1ncn[nH]1. The summed E-state index contributed by atoms with van der Waals surface area (Å²) in [5, 5.41) is 14.7. The molecule has 1 amide bonds. The molecule has 2 N–H and O–H groups in total. The molecule has 0 unspecified atom stereocenters. The van der Waals surface area contributed by atoms with Crippen molar-refractivity contribution in [1.29, 1.82) is 0 Å². The zero-order chi connectivity index (χ0) is 12.3. The zero-order valence-electron chi connectivity index (χ0n) is 9.39. The Hall–Kier alpha value is -1.92. The molecule has 0 fully saturated rings. The van der Waals surface area contributed by atoms with E-state index in [0.29, 0.717) is 0 Å². The van der Waals surface area contributed by atoms with Crippen LogP contribution in [0.25, 0.3) is 0 Å². The molecule has 0 bridgehead atoms. The summed E-state index contributed by atoms with van der Waals surface area (Å²) in [7, 11) is 0. The third-order valence-electron chi connectivity index (χ3n) is 1.97. The number of aromatic amines is 1.